The smallest absolute Gasteiger partial charge is 0.337 e. The zero-order valence-corrected chi connectivity index (χ0v) is 8.16. The molecule has 0 spiro atoms. The monoisotopic (exact) mass is 216 g/mol. The highest BCUT2D eigenvalue weighted by Crippen LogP contribution is 2.13. The van der Waals surface area contributed by atoms with Gasteiger partial charge in [-0.3, -0.25) is 9.97 Å². The topological polar surface area (TPSA) is 88.0 Å². The summed E-state index contributed by atoms with van der Waals surface area (Å²) < 4.78 is 0. The normalized spacial score (nSPS) is 9.75. The number of carboxylic acid groups (broad SMARTS) is 1. The predicted molar refractivity (Wildman–Crippen MR) is 56.5 cm³/mol. The molecule has 0 radical (unpaired) electrons. The average Bonchev–Trinajstić information content (AvgIpc) is 2.30. The minimum absolute atomic E-state index is 0.119. The first-order valence-corrected chi connectivity index (χ1v) is 4.47. The van der Waals surface area contributed by atoms with Gasteiger partial charge in [-0.05, 0) is 6.07 Å². The zero-order chi connectivity index (χ0) is 11.4. The number of rotatable bonds is 3. The van der Waals surface area contributed by atoms with Gasteiger partial charge in [-0.1, -0.05) is 0 Å². The molecule has 2 N–H and O–H groups in total. The maximum atomic E-state index is 10.7. The maximum absolute atomic E-state index is 10.7. The van der Waals surface area contributed by atoms with E-state index in [4.69, 9.17) is 5.11 Å². The highest BCUT2D eigenvalue weighted by Gasteiger charge is 2.04. The van der Waals surface area contributed by atoms with E-state index in [-0.39, 0.29) is 5.56 Å². The van der Waals surface area contributed by atoms with E-state index in [9.17, 15) is 4.79 Å². The molecule has 2 heterocycles. The Kier molecular flexibility index (Phi) is 2.73. The van der Waals surface area contributed by atoms with E-state index in [1.807, 2.05) is 0 Å². The van der Waals surface area contributed by atoms with Crippen LogP contribution in [0.1, 0.15) is 10.4 Å². The standard InChI is InChI=1S/C10H8N4O2/c15-10(16)7-3-8(5-12-4-7)14-9-6-11-1-2-13-9/h1-6H,(H,13,14)(H,15,16). The van der Waals surface area contributed by atoms with Gasteiger partial charge in [-0.15, -0.1) is 0 Å². The number of nitrogens with zero attached hydrogens (tertiary/aromatic N) is 3. The van der Waals surface area contributed by atoms with Crippen LogP contribution in [-0.4, -0.2) is 26.0 Å². The quantitative estimate of drug-likeness (QED) is 0.804. The van der Waals surface area contributed by atoms with Crippen LogP contribution in [0.25, 0.3) is 0 Å². The van der Waals surface area contributed by atoms with Gasteiger partial charge in [0.05, 0.1) is 23.6 Å². The fraction of sp³-hybridized carbons (Fsp3) is 0. The molecule has 0 saturated carbocycles. The predicted octanol–water partition coefficient (Wildman–Crippen LogP) is 1.31. The highest BCUT2D eigenvalue weighted by molar-refractivity contribution is 5.88. The molecule has 0 fully saturated rings. The van der Waals surface area contributed by atoms with Crippen LogP contribution in [0.2, 0.25) is 0 Å². The minimum atomic E-state index is -1.02. The van der Waals surface area contributed by atoms with Crippen molar-refractivity contribution in [1.82, 2.24) is 15.0 Å². The van der Waals surface area contributed by atoms with Gasteiger partial charge >= 0.3 is 5.97 Å². The molecule has 0 aliphatic heterocycles. The van der Waals surface area contributed by atoms with E-state index >= 15 is 0 Å². The van der Waals surface area contributed by atoms with E-state index in [0.717, 1.165) is 0 Å². The second-order valence-corrected chi connectivity index (χ2v) is 2.98. The van der Waals surface area contributed by atoms with Gasteiger partial charge in [0.15, 0.2) is 0 Å². The second kappa shape index (κ2) is 4.35. The van der Waals surface area contributed by atoms with Crippen LogP contribution in [0.15, 0.2) is 37.1 Å². The number of nitrogens with one attached hydrogen (secondary N) is 1. The van der Waals surface area contributed by atoms with Crippen LogP contribution in [0.3, 0.4) is 0 Å². The van der Waals surface area contributed by atoms with Crippen molar-refractivity contribution in [1.29, 1.82) is 0 Å². The third-order valence-corrected chi connectivity index (χ3v) is 1.82. The van der Waals surface area contributed by atoms with Crippen LogP contribution in [0, 0.1) is 0 Å². The van der Waals surface area contributed by atoms with Crippen LogP contribution < -0.4 is 5.32 Å². The molecule has 80 valence electrons. The number of anilines is 2. The summed E-state index contributed by atoms with van der Waals surface area (Å²) >= 11 is 0. The van der Waals surface area contributed by atoms with E-state index in [1.165, 1.54) is 30.9 Å². The van der Waals surface area contributed by atoms with E-state index in [2.05, 4.69) is 20.3 Å². The molecule has 2 aromatic rings. The Balaban J connectivity index is 2.22. The maximum Gasteiger partial charge on any atom is 0.337 e. The number of hydrogen-bond donors (Lipinski definition) is 2. The third kappa shape index (κ3) is 2.30. The van der Waals surface area contributed by atoms with Crippen molar-refractivity contribution >= 4 is 17.5 Å². The molecule has 16 heavy (non-hydrogen) atoms. The summed E-state index contributed by atoms with van der Waals surface area (Å²) in [7, 11) is 0. The van der Waals surface area contributed by atoms with Gasteiger partial charge in [0, 0.05) is 18.6 Å². The number of pyridine rings is 1. The van der Waals surface area contributed by atoms with Crippen molar-refractivity contribution in [2.45, 2.75) is 0 Å². The molecule has 2 aromatic heterocycles. The SMILES string of the molecule is O=C(O)c1cncc(Nc2cnccn2)c1. The minimum Gasteiger partial charge on any atom is -0.478 e. The van der Waals surface area contributed by atoms with Gasteiger partial charge in [-0.2, -0.15) is 0 Å². The molecule has 2 rings (SSSR count). The summed E-state index contributed by atoms with van der Waals surface area (Å²) in [5.74, 6) is -0.484. The fourth-order valence-corrected chi connectivity index (χ4v) is 1.14. The largest absolute Gasteiger partial charge is 0.478 e. The van der Waals surface area contributed by atoms with Crippen LogP contribution in [0.4, 0.5) is 11.5 Å². The van der Waals surface area contributed by atoms with Crippen molar-refractivity contribution in [2.24, 2.45) is 0 Å². The fourth-order valence-electron chi connectivity index (χ4n) is 1.14. The number of aromatic nitrogens is 3. The van der Waals surface area contributed by atoms with Crippen molar-refractivity contribution in [2.75, 3.05) is 5.32 Å². The number of carboxylic acids is 1. The van der Waals surface area contributed by atoms with Gasteiger partial charge in [0.25, 0.3) is 0 Å². The van der Waals surface area contributed by atoms with Gasteiger partial charge in [-0.25, -0.2) is 9.78 Å². The van der Waals surface area contributed by atoms with Crippen LogP contribution in [0.5, 0.6) is 0 Å². The number of aromatic carboxylic acids is 1. The molecular formula is C10H8N4O2. The lowest BCUT2D eigenvalue weighted by molar-refractivity contribution is 0.0696. The molecule has 0 atom stereocenters. The molecule has 6 nitrogen and oxygen atoms in total. The second-order valence-electron chi connectivity index (χ2n) is 2.98. The van der Waals surface area contributed by atoms with Crippen LogP contribution >= 0.6 is 0 Å². The van der Waals surface area contributed by atoms with Gasteiger partial charge in [0.2, 0.25) is 0 Å². The first-order chi connectivity index (χ1) is 7.75. The Bertz CT molecular complexity index is 501. The van der Waals surface area contributed by atoms with Crippen molar-refractivity contribution in [3.05, 3.63) is 42.6 Å². The summed E-state index contributed by atoms with van der Waals surface area (Å²) in [5, 5.41) is 11.7. The lowest BCUT2D eigenvalue weighted by atomic mass is 10.2. The van der Waals surface area contributed by atoms with Gasteiger partial charge < -0.3 is 10.4 Å². The van der Waals surface area contributed by atoms with Crippen molar-refractivity contribution < 1.29 is 9.90 Å². The first-order valence-electron chi connectivity index (χ1n) is 4.47. The molecule has 0 aromatic carbocycles. The van der Waals surface area contributed by atoms with E-state index in [1.54, 1.807) is 6.20 Å². The summed E-state index contributed by atoms with van der Waals surface area (Å²) in [6, 6.07) is 1.48. The first kappa shape index (κ1) is 10.0. The lowest BCUT2D eigenvalue weighted by Gasteiger charge is -2.04. The molecule has 0 aliphatic carbocycles. The van der Waals surface area contributed by atoms with Crippen molar-refractivity contribution in [3.63, 3.8) is 0 Å². The molecule has 0 saturated heterocycles. The highest BCUT2D eigenvalue weighted by atomic mass is 16.4. The lowest BCUT2D eigenvalue weighted by Crippen LogP contribution is -2.00. The number of hydrogen-bond acceptors (Lipinski definition) is 5. The third-order valence-electron chi connectivity index (χ3n) is 1.82. The Hall–Kier alpha value is -2.50. The van der Waals surface area contributed by atoms with E-state index in [0.29, 0.717) is 11.5 Å². The Morgan fingerprint density at radius 2 is 2.06 bits per heavy atom. The molecule has 6 heteroatoms. The van der Waals surface area contributed by atoms with Gasteiger partial charge in [0.1, 0.15) is 5.82 Å². The summed E-state index contributed by atoms with van der Waals surface area (Å²) in [6.45, 7) is 0. The molecule has 0 aliphatic rings. The summed E-state index contributed by atoms with van der Waals surface area (Å²) in [5.41, 5.74) is 0.675. The summed E-state index contributed by atoms with van der Waals surface area (Å²) in [4.78, 5) is 22.4. The number of carbonyl (C=O) groups is 1. The van der Waals surface area contributed by atoms with Crippen molar-refractivity contribution in [3.8, 4) is 0 Å². The van der Waals surface area contributed by atoms with E-state index < -0.39 is 5.97 Å². The Labute approximate surface area is 91.0 Å². The van der Waals surface area contributed by atoms with Crippen LogP contribution in [-0.2, 0) is 0 Å². The molecule has 0 unspecified atom stereocenters. The average molecular weight is 216 g/mol. The molecule has 0 bridgehead atoms. The Morgan fingerprint density at radius 1 is 1.19 bits per heavy atom. The summed E-state index contributed by atoms with van der Waals surface area (Å²) in [6.07, 6.45) is 7.42. The molecular weight excluding hydrogens is 208 g/mol. The Morgan fingerprint density at radius 3 is 2.75 bits per heavy atom. The zero-order valence-electron chi connectivity index (χ0n) is 8.16. The molecule has 0 amide bonds.